The molecule has 0 aliphatic heterocycles. The highest BCUT2D eigenvalue weighted by atomic mass is 16.5. The molecule has 1 aromatic carbocycles. The Labute approximate surface area is 171 Å². The first-order valence-electron chi connectivity index (χ1n) is 9.61. The lowest BCUT2D eigenvalue weighted by Gasteiger charge is -2.28. The molecule has 0 radical (unpaired) electrons. The summed E-state index contributed by atoms with van der Waals surface area (Å²) in [4.78, 5) is 38.7. The molecule has 156 valence electrons. The molecule has 1 aromatic heterocycles. The zero-order valence-corrected chi connectivity index (χ0v) is 17.6. The number of rotatable bonds is 8. The van der Waals surface area contributed by atoms with Crippen molar-refractivity contribution in [2.75, 3.05) is 18.5 Å². The Bertz CT molecular complexity index is 887. The number of hydrogen-bond donors (Lipinski definition) is 1. The summed E-state index contributed by atoms with van der Waals surface area (Å²) in [7, 11) is 0. The summed E-state index contributed by atoms with van der Waals surface area (Å²) in [5, 5.41) is 2.86. The normalized spacial score (nSPS) is 11.6. The minimum atomic E-state index is -0.631. The number of benzene rings is 1. The van der Waals surface area contributed by atoms with Crippen LogP contribution in [0.4, 0.5) is 5.69 Å². The molecule has 0 spiro atoms. The summed E-state index contributed by atoms with van der Waals surface area (Å²) in [6.07, 6.45) is 2.05. The van der Waals surface area contributed by atoms with Crippen molar-refractivity contribution < 1.29 is 23.5 Å². The molecule has 2 aromatic rings. The van der Waals surface area contributed by atoms with Gasteiger partial charge in [-0.15, -0.1) is 0 Å². The number of anilines is 1. The molecule has 29 heavy (non-hydrogen) atoms. The Hall–Kier alpha value is -3.09. The maximum atomic E-state index is 12.7. The van der Waals surface area contributed by atoms with Crippen molar-refractivity contribution in [3.05, 3.63) is 53.0 Å². The molecule has 0 unspecified atom stereocenters. The zero-order chi connectivity index (χ0) is 21.6. The van der Waals surface area contributed by atoms with E-state index in [-0.39, 0.29) is 24.1 Å². The highest BCUT2D eigenvalue weighted by Crippen LogP contribution is 2.18. The van der Waals surface area contributed by atoms with E-state index in [0.29, 0.717) is 17.9 Å². The van der Waals surface area contributed by atoms with Crippen LogP contribution in [0.15, 0.2) is 34.9 Å². The third kappa shape index (κ3) is 5.70. The number of furan rings is 1. The Morgan fingerprint density at radius 2 is 1.90 bits per heavy atom. The Balaban J connectivity index is 2.01. The second-order valence-electron chi connectivity index (χ2n) is 7.04. The summed E-state index contributed by atoms with van der Waals surface area (Å²) in [5.41, 5.74) is 3.04. The van der Waals surface area contributed by atoms with Gasteiger partial charge in [0, 0.05) is 11.7 Å². The van der Waals surface area contributed by atoms with Crippen LogP contribution in [0.2, 0.25) is 0 Å². The van der Waals surface area contributed by atoms with E-state index >= 15 is 0 Å². The Morgan fingerprint density at radius 1 is 1.17 bits per heavy atom. The van der Waals surface area contributed by atoms with E-state index in [9.17, 15) is 14.4 Å². The average Bonchev–Trinajstić information content (AvgIpc) is 3.13. The molecular formula is C22H28N2O5. The van der Waals surface area contributed by atoms with Crippen LogP contribution in [0, 0.1) is 20.8 Å². The van der Waals surface area contributed by atoms with Crippen molar-refractivity contribution in [2.24, 2.45) is 0 Å². The number of amides is 2. The molecule has 0 aliphatic rings. The van der Waals surface area contributed by atoms with E-state index < -0.39 is 18.5 Å². The second-order valence-corrected chi connectivity index (χ2v) is 7.04. The first-order chi connectivity index (χ1) is 13.7. The van der Waals surface area contributed by atoms with Gasteiger partial charge < -0.3 is 19.4 Å². The van der Waals surface area contributed by atoms with Crippen LogP contribution in [0.25, 0.3) is 0 Å². The molecule has 1 heterocycles. The van der Waals surface area contributed by atoms with Crippen LogP contribution in [0.3, 0.4) is 0 Å². The molecular weight excluding hydrogens is 372 g/mol. The maximum Gasteiger partial charge on any atom is 0.342 e. The molecule has 7 heteroatoms. The van der Waals surface area contributed by atoms with Crippen molar-refractivity contribution in [3.63, 3.8) is 0 Å². The Kier molecular flexibility index (Phi) is 7.59. The average molecular weight is 400 g/mol. The third-order valence-electron chi connectivity index (χ3n) is 5.04. The van der Waals surface area contributed by atoms with Gasteiger partial charge in [-0.05, 0) is 57.4 Å². The highest BCUT2D eigenvalue weighted by molar-refractivity contribution is 5.96. The van der Waals surface area contributed by atoms with Crippen molar-refractivity contribution in [3.8, 4) is 0 Å². The van der Waals surface area contributed by atoms with Gasteiger partial charge in [0.2, 0.25) is 5.91 Å². The number of esters is 1. The molecule has 0 fully saturated rings. The van der Waals surface area contributed by atoms with E-state index in [4.69, 9.17) is 9.15 Å². The molecule has 0 saturated heterocycles. The second kappa shape index (κ2) is 9.91. The zero-order valence-electron chi connectivity index (χ0n) is 17.6. The van der Waals surface area contributed by atoms with Gasteiger partial charge in [-0.25, -0.2) is 4.79 Å². The van der Waals surface area contributed by atoms with E-state index in [0.717, 1.165) is 11.1 Å². The van der Waals surface area contributed by atoms with Crippen LogP contribution in [-0.2, 0) is 14.3 Å². The fraction of sp³-hybridized carbons (Fsp3) is 0.409. The van der Waals surface area contributed by atoms with Crippen molar-refractivity contribution >= 4 is 23.5 Å². The molecule has 2 rings (SSSR count). The number of carbonyl (C=O) groups excluding carboxylic acids is 3. The standard InChI is InChI=1S/C22H28N2O5/c1-6-15(3)24(12-20(25)23-19-9-7-8-14(2)16(19)4)21(26)13-29-22(27)18-10-11-28-17(18)5/h7-11,15H,6,12-13H2,1-5H3,(H,23,25)/t15-/m0/s1. The van der Waals surface area contributed by atoms with Gasteiger partial charge in [-0.3, -0.25) is 9.59 Å². The topological polar surface area (TPSA) is 88.9 Å². The van der Waals surface area contributed by atoms with Gasteiger partial charge in [0.1, 0.15) is 17.9 Å². The van der Waals surface area contributed by atoms with Gasteiger partial charge in [-0.2, -0.15) is 0 Å². The lowest BCUT2D eigenvalue weighted by molar-refractivity contribution is -0.139. The van der Waals surface area contributed by atoms with E-state index in [1.165, 1.54) is 17.2 Å². The molecule has 0 aliphatic carbocycles. The van der Waals surface area contributed by atoms with Crippen molar-refractivity contribution in [1.82, 2.24) is 4.90 Å². The number of ether oxygens (including phenoxy) is 1. The predicted molar refractivity (Wildman–Crippen MR) is 110 cm³/mol. The highest BCUT2D eigenvalue weighted by Gasteiger charge is 2.24. The SMILES string of the molecule is CC[C@H](C)N(CC(=O)Nc1cccc(C)c1C)C(=O)COC(=O)c1ccoc1C. The van der Waals surface area contributed by atoms with E-state index in [1.807, 2.05) is 45.9 Å². The van der Waals surface area contributed by atoms with Crippen LogP contribution >= 0.6 is 0 Å². The molecule has 0 saturated carbocycles. The molecule has 0 bridgehead atoms. The first kappa shape index (κ1) is 22.2. The summed E-state index contributed by atoms with van der Waals surface area (Å²) < 4.78 is 10.2. The number of nitrogens with one attached hydrogen (secondary N) is 1. The van der Waals surface area contributed by atoms with E-state index in [2.05, 4.69) is 5.32 Å². The summed E-state index contributed by atoms with van der Waals surface area (Å²) >= 11 is 0. The van der Waals surface area contributed by atoms with Crippen molar-refractivity contribution in [1.29, 1.82) is 0 Å². The maximum absolute atomic E-state index is 12.7. The van der Waals surface area contributed by atoms with Crippen LogP contribution in [-0.4, -0.2) is 41.9 Å². The summed E-state index contributed by atoms with van der Waals surface area (Å²) in [6, 6.07) is 6.97. The van der Waals surface area contributed by atoms with Crippen LogP contribution < -0.4 is 5.32 Å². The summed E-state index contributed by atoms with van der Waals surface area (Å²) in [5.74, 6) is -0.933. The number of nitrogens with zero attached hydrogens (tertiary/aromatic N) is 1. The lowest BCUT2D eigenvalue weighted by Crippen LogP contribution is -2.45. The van der Waals surface area contributed by atoms with Gasteiger partial charge in [0.15, 0.2) is 6.61 Å². The predicted octanol–water partition coefficient (Wildman–Crippen LogP) is 3.63. The Morgan fingerprint density at radius 3 is 2.52 bits per heavy atom. The van der Waals surface area contributed by atoms with Gasteiger partial charge in [0.05, 0.1) is 6.26 Å². The quantitative estimate of drug-likeness (QED) is 0.684. The van der Waals surface area contributed by atoms with Crippen LogP contribution in [0.5, 0.6) is 0 Å². The fourth-order valence-electron chi connectivity index (χ4n) is 2.83. The number of aryl methyl sites for hydroxylation is 2. The number of hydrogen-bond acceptors (Lipinski definition) is 5. The van der Waals surface area contributed by atoms with Crippen LogP contribution in [0.1, 0.15) is 47.5 Å². The number of carbonyl (C=O) groups is 3. The summed E-state index contributed by atoms with van der Waals surface area (Å²) in [6.45, 7) is 8.75. The third-order valence-corrected chi connectivity index (χ3v) is 5.04. The molecule has 7 nitrogen and oxygen atoms in total. The van der Waals surface area contributed by atoms with Gasteiger partial charge in [0.25, 0.3) is 5.91 Å². The first-order valence-corrected chi connectivity index (χ1v) is 9.61. The fourth-order valence-corrected chi connectivity index (χ4v) is 2.83. The molecule has 1 atom stereocenters. The van der Waals surface area contributed by atoms with Crippen molar-refractivity contribution in [2.45, 2.75) is 47.1 Å². The minimum absolute atomic E-state index is 0.122. The largest absolute Gasteiger partial charge is 0.469 e. The monoisotopic (exact) mass is 400 g/mol. The van der Waals surface area contributed by atoms with E-state index in [1.54, 1.807) is 6.92 Å². The smallest absolute Gasteiger partial charge is 0.342 e. The molecule has 1 N–H and O–H groups in total. The van der Waals surface area contributed by atoms with Gasteiger partial charge in [-0.1, -0.05) is 19.1 Å². The minimum Gasteiger partial charge on any atom is -0.469 e. The van der Waals surface area contributed by atoms with Gasteiger partial charge >= 0.3 is 5.97 Å². The lowest BCUT2D eigenvalue weighted by atomic mass is 10.1. The molecule has 2 amide bonds.